The second-order valence-corrected chi connectivity index (χ2v) is 2.90. The van der Waals surface area contributed by atoms with Gasteiger partial charge in [0.15, 0.2) is 0 Å². The van der Waals surface area contributed by atoms with Crippen LogP contribution in [0.5, 0.6) is 0 Å². The standard InChI is InChI=1S/C9H9ClFN.ClH/c1-2-9(12)6-3-7(10)5-8(11)4-6;/h2-5,9H,1,12H2;1H/t9-;/m1./s1. The van der Waals surface area contributed by atoms with Crippen LogP contribution in [-0.4, -0.2) is 0 Å². The van der Waals surface area contributed by atoms with E-state index in [1.54, 1.807) is 6.07 Å². The molecule has 0 radical (unpaired) electrons. The van der Waals surface area contributed by atoms with E-state index in [1.165, 1.54) is 18.2 Å². The topological polar surface area (TPSA) is 26.0 Å². The van der Waals surface area contributed by atoms with E-state index in [1.807, 2.05) is 0 Å². The Morgan fingerprint density at radius 3 is 2.54 bits per heavy atom. The average molecular weight is 222 g/mol. The van der Waals surface area contributed by atoms with Crippen molar-refractivity contribution in [2.24, 2.45) is 5.73 Å². The number of halogens is 3. The third kappa shape index (κ3) is 3.35. The molecule has 0 amide bonds. The van der Waals surface area contributed by atoms with Crippen LogP contribution in [-0.2, 0) is 0 Å². The summed E-state index contributed by atoms with van der Waals surface area (Å²) in [5.41, 5.74) is 6.22. The minimum absolute atomic E-state index is 0. The van der Waals surface area contributed by atoms with Gasteiger partial charge in [-0.3, -0.25) is 0 Å². The largest absolute Gasteiger partial charge is 0.321 e. The average Bonchev–Trinajstić information content (AvgIpc) is 2.01. The summed E-state index contributed by atoms with van der Waals surface area (Å²) in [7, 11) is 0. The lowest BCUT2D eigenvalue weighted by Gasteiger charge is -2.06. The number of nitrogens with two attached hydrogens (primary N) is 1. The second-order valence-electron chi connectivity index (χ2n) is 2.46. The van der Waals surface area contributed by atoms with Crippen LogP contribution in [0.15, 0.2) is 30.9 Å². The number of benzene rings is 1. The predicted octanol–water partition coefficient (Wildman–Crippen LogP) is 3.09. The molecule has 0 heterocycles. The van der Waals surface area contributed by atoms with Crippen LogP contribution in [0.25, 0.3) is 0 Å². The molecule has 0 unspecified atom stereocenters. The van der Waals surface area contributed by atoms with Crippen molar-refractivity contribution in [2.75, 3.05) is 0 Å². The molecule has 1 rings (SSSR count). The Labute approximate surface area is 87.8 Å². The van der Waals surface area contributed by atoms with Gasteiger partial charge in [-0.25, -0.2) is 4.39 Å². The van der Waals surface area contributed by atoms with E-state index >= 15 is 0 Å². The molecule has 0 spiro atoms. The maximum absolute atomic E-state index is 12.8. The Balaban J connectivity index is 0.00000144. The summed E-state index contributed by atoms with van der Waals surface area (Å²) >= 11 is 5.62. The summed E-state index contributed by atoms with van der Waals surface area (Å²) in [6, 6.07) is 3.84. The molecule has 1 nitrogen and oxygen atoms in total. The summed E-state index contributed by atoms with van der Waals surface area (Å²) in [5, 5.41) is 0.349. The van der Waals surface area contributed by atoms with Crippen molar-refractivity contribution in [1.82, 2.24) is 0 Å². The molecule has 1 aromatic carbocycles. The van der Waals surface area contributed by atoms with Gasteiger partial charge in [0.05, 0.1) is 0 Å². The summed E-state index contributed by atoms with van der Waals surface area (Å²) in [4.78, 5) is 0. The quantitative estimate of drug-likeness (QED) is 0.764. The Bertz CT molecular complexity index is 281. The zero-order chi connectivity index (χ0) is 9.14. The minimum Gasteiger partial charge on any atom is -0.321 e. The molecular weight excluding hydrogens is 212 g/mol. The molecule has 13 heavy (non-hydrogen) atoms. The molecule has 0 aliphatic carbocycles. The monoisotopic (exact) mass is 221 g/mol. The molecule has 2 N–H and O–H groups in total. The highest BCUT2D eigenvalue weighted by Gasteiger charge is 2.03. The van der Waals surface area contributed by atoms with E-state index in [0.29, 0.717) is 10.6 Å². The van der Waals surface area contributed by atoms with E-state index in [2.05, 4.69) is 6.58 Å². The first-order chi connectivity index (χ1) is 5.63. The highest BCUT2D eigenvalue weighted by Crippen LogP contribution is 2.18. The third-order valence-corrected chi connectivity index (χ3v) is 1.74. The lowest BCUT2D eigenvalue weighted by Crippen LogP contribution is -2.06. The molecule has 0 aliphatic rings. The molecule has 0 aliphatic heterocycles. The van der Waals surface area contributed by atoms with E-state index < -0.39 is 0 Å². The van der Waals surface area contributed by atoms with Crippen molar-refractivity contribution in [1.29, 1.82) is 0 Å². The van der Waals surface area contributed by atoms with Gasteiger partial charge in [0.25, 0.3) is 0 Å². The normalized spacial score (nSPS) is 11.6. The van der Waals surface area contributed by atoms with Gasteiger partial charge in [0, 0.05) is 11.1 Å². The van der Waals surface area contributed by atoms with Gasteiger partial charge in [-0.05, 0) is 23.8 Å². The fraction of sp³-hybridized carbons (Fsp3) is 0.111. The molecule has 0 fully saturated rings. The number of rotatable bonds is 2. The maximum atomic E-state index is 12.8. The molecule has 0 saturated carbocycles. The first-order valence-electron chi connectivity index (χ1n) is 3.47. The van der Waals surface area contributed by atoms with E-state index in [-0.39, 0.29) is 24.3 Å². The Morgan fingerprint density at radius 2 is 2.08 bits per heavy atom. The number of hydrogen-bond acceptors (Lipinski definition) is 1. The number of hydrogen-bond donors (Lipinski definition) is 1. The van der Waals surface area contributed by atoms with Crippen LogP contribution in [0.1, 0.15) is 11.6 Å². The van der Waals surface area contributed by atoms with Crippen LogP contribution < -0.4 is 5.73 Å². The second kappa shape index (κ2) is 5.22. The van der Waals surface area contributed by atoms with E-state index in [0.717, 1.165) is 0 Å². The Kier molecular flexibility index (Phi) is 4.99. The first-order valence-corrected chi connectivity index (χ1v) is 3.85. The molecular formula is C9H10Cl2FN. The molecule has 1 atom stereocenters. The first kappa shape index (κ1) is 12.4. The van der Waals surface area contributed by atoms with Gasteiger partial charge in [-0.2, -0.15) is 0 Å². The predicted molar refractivity (Wildman–Crippen MR) is 55.8 cm³/mol. The van der Waals surface area contributed by atoms with Crippen LogP contribution in [0.3, 0.4) is 0 Å². The lowest BCUT2D eigenvalue weighted by atomic mass is 10.1. The maximum Gasteiger partial charge on any atom is 0.125 e. The van der Waals surface area contributed by atoms with Gasteiger partial charge in [0.2, 0.25) is 0 Å². The molecule has 4 heteroatoms. The lowest BCUT2D eigenvalue weighted by molar-refractivity contribution is 0.624. The molecule has 1 aromatic rings. The molecule has 0 aromatic heterocycles. The molecule has 0 saturated heterocycles. The van der Waals surface area contributed by atoms with Gasteiger partial charge in [-0.1, -0.05) is 17.7 Å². The molecule has 0 bridgehead atoms. The minimum atomic E-state index is -0.380. The smallest absolute Gasteiger partial charge is 0.125 e. The SMILES string of the molecule is C=C[C@@H](N)c1cc(F)cc(Cl)c1.Cl. The van der Waals surface area contributed by atoms with E-state index in [4.69, 9.17) is 17.3 Å². The van der Waals surface area contributed by atoms with Gasteiger partial charge in [-0.15, -0.1) is 19.0 Å². The fourth-order valence-electron chi connectivity index (χ4n) is 0.904. The Morgan fingerprint density at radius 1 is 1.46 bits per heavy atom. The van der Waals surface area contributed by atoms with Gasteiger partial charge >= 0.3 is 0 Å². The summed E-state index contributed by atoms with van der Waals surface area (Å²) in [5.74, 6) is -0.380. The van der Waals surface area contributed by atoms with Crippen LogP contribution in [0.4, 0.5) is 4.39 Å². The summed E-state index contributed by atoms with van der Waals surface area (Å²) < 4.78 is 12.8. The third-order valence-electron chi connectivity index (χ3n) is 1.52. The molecule has 72 valence electrons. The zero-order valence-electron chi connectivity index (χ0n) is 6.84. The van der Waals surface area contributed by atoms with Crippen molar-refractivity contribution in [2.45, 2.75) is 6.04 Å². The highest BCUT2D eigenvalue weighted by atomic mass is 35.5. The summed E-state index contributed by atoms with van der Waals surface area (Å²) in [6.45, 7) is 3.51. The van der Waals surface area contributed by atoms with Crippen LogP contribution in [0, 0.1) is 5.82 Å². The van der Waals surface area contributed by atoms with Crippen molar-refractivity contribution in [3.8, 4) is 0 Å². The van der Waals surface area contributed by atoms with Crippen molar-refractivity contribution < 1.29 is 4.39 Å². The van der Waals surface area contributed by atoms with Gasteiger partial charge in [0.1, 0.15) is 5.82 Å². The Hall–Kier alpha value is -0.570. The van der Waals surface area contributed by atoms with Crippen molar-refractivity contribution >= 4 is 24.0 Å². The van der Waals surface area contributed by atoms with Crippen molar-refractivity contribution in [3.63, 3.8) is 0 Å². The summed E-state index contributed by atoms with van der Waals surface area (Å²) in [6.07, 6.45) is 1.53. The highest BCUT2D eigenvalue weighted by molar-refractivity contribution is 6.30. The van der Waals surface area contributed by atoms with Crippen LogP contribution >= 0.6 is 24.0 Å². The zero-order valence-corrected chi connectivity index (χ0v) is 8.41. The van der Waals surface area contributed by atoms with Crippen LogP contribution in [0.2, 0.25) is 5.02 Å². The fourth-order valence-corrected chi connectivity index (χ4v) is 1.13. The van der Waals surface area contributed by atoms with Gasteiger partial charge < -0.3 is 5.73 Å². The van der Waals surface area contributed by atoms with Crippen molar-refractivity contribution in [3.05, 3.63) is 47.3 Å². The van der Waals surface area contributed by atoms with E-state index in [9.17, 15) is 4.39 Å².